The predicted molar refractivity (Wildman–Crippen MR) is 119 cm³/mol. The van der Waals surface area contributed by atoms with Crippen molar-refractivity contribution in [2.45, 2.75) is 38.3 Å². The van der Waals surface area contributed by atoms with Crippen molar-refractivity contribution in [1.29, 1.82) is 0 Å². The monoisotopic (exact) mass is 429 g/mol. The molecule has 1 saturated carbocycles. The van der Waals surface area contributed by atoms with Gasteiger partial charge in [0.25, 0.3) is 0 Å². The predicted octanol–water partition coefficient (Wildman–Crippen LogP) is 7.09. The second-order valence-electron chi connectivity index (χ2n) is 7.20. The molecule has 3 aromatic carbocycles. The number of nitrogens with zero attached hydrogens (tertiary/aromatic N) is 1. The van der Waals surface area contributed by atoms with Gasteiger partial charge in [0.15, 0.2) is 11.5 Å². The van der Waals surface area contributed by atoms with Gasteiger partial charge in [-0.1, -0.05) is 65.1 Å². The molecule has 0 N–H and O–H groups in total. The Morgan fingerprint density at radius 1 is 0.800 bits per heavy atom. The summed E-state index contributed by atoms with van der Waals surface area (Å²) in [5.74, 6) is 1.05. The minimum Gasteiger partial charge on any atom is -0.360 e. The van der Waals surface area contributed by atoms with Gasteiger partial charge < -0.3 is 4.52 Å². The Bertz CT molecular complexity index is 1170. The zero-order valence-electron chi connectivity index (χ0n) is 16.2. The lowest BCUT2D eigenvalue weighted by Gasteiger charge is -2.11. The normalized spacial score (nSPS) is 13.3. The highest BCUT2D eigenvalue weighted by Gasteiger charge is 2.33. The lowest BCUT2D eigenvalue weighted by molar-refractivity contribution is 0.103. The quantitative estimate of drug-likeness (QED) is 0.294. The van der Waals surface area contributed by atoms with Gasteiger partial charge in [0.1, 0.15) is 0 Å². The summed E-state index contributed by atoms with van der Waals surface area (Å²) in [5.41, 5.74) is 1.28. The SMILES string of the molecule is O=C(c1ccc(Sc2ccccc2)cc1Sc1ccccc1)c1cnoc1C1CC1. The third kappa shape index (κ3) is 4.23. The molecule has 0 saturated heterocycles. The Morgan fingerprint density at radius 3 is 2.13 bits per heavy atom. The van der Waals surface area contributed by atoms with Crippen LogP contribution in [0.25, 0.3) is 0 Å². The Labute approximate surface area is 183 Å². The number of rotatable bonds is 7. The highest BCUT2D eigenvalue weighted by Crippen LogP contribution is 2.43. The molecule has 0 bridgehead atoms. The molecule has 1 aliphatic rings. The van der Waals surface area contributed by atoms with E-state index < -0.39 is 0 Å². The van der Waals surface area contributed by atoms with Crippen LogP contribution in [0.3, 0.4) is 0 Å². The van der Waals surface area contributed by atoms with Crippen LogP contribution in [0.15, 0.2) is 109 Å². The van der Waals surface area contributed by atoms with E-state index in [2.05, 4.69) is 35.5 Å². The van der Waals surface area contributed by atoms with E-state index in [1.54, 1.807) is 29.7 Å². The Morgan fingerprint density at radius 2 is 1.47 bits per heavy atom. The molecule has 4 aromatic rings. The summed E-state index contributed by atoms with van der Waals surface area (Å²) in [6, 6.07) is 26.5. The third-order valence-electron chi connectivity index (χ3n) is 4.94. The van der Waals surface area contributed by atoms with Crippen LogP contribution in [0.1, 0.15) is 40.4 Å². The van der Waals surface area contributed by atoms with E-state index in [1.807, 2.05) is 48.5 Å². The molecule has 148 valence electrons. The molecular weight excluding hydrogens is 410 g/mol. The van der Waals surface area contributed by atoms with Gasteiger partial charge in [-0.2, -0.15) is 0 Å². The van der Waals surface area contributed by atoms with Crippen molar-refractivity contribution in [2.24, 2.45) is 0 Å². The van der Waals surface area contributed by atoms with Crippen molar-refractivity contribution in [3.05, 3.63) is 102 Å². The van der Waals surface area contributed by atoms with Crippen LogP contribution in [0, 0.1) is 0 Å². The smallest absolute Gasteiger partial charge is 0.199 e. The molecule has 5 heteroatoms. The van der Waals surface area contributed by atoms with Gasteiger partial charge in [-0.15, -0.1) is 0 Å². The molecule has 1 fully saturated rings. The van der Waals surface area contributed by atoms with Gasteiger partial charge in [-0.05, 0) is 55.3 Å². The zero-order chi connectivity index (χ0) is 20.3. The fourth-order valence-corrected chi connectivity index (χ4v) is 5.24. The summed E-state index contributed by atoms with van der Waals surface area (Å²) >= 11 is 3.30. The molecule has 5 rings (SSSR count). The second kappa shape index (κ2) is 8.54. The van der Waals surface area contributed by atoms with E-state index in [4.69, 9.17) is 4.52 Å². The second-order valence-corrected chi connectivity index (χ2v) is 9.46. The van der Waals surface area contributed by atoms with Crippen LogP contribution in [0.5, 0.6) is 0 Å². The summed E-state index contributed by atoms with van der Waals surface area (Å²) in [6.45, 7) is 0. The van der Waals surface area contributed by atoms with Gasteiger partial charge in [-0.3, -0.25) is 4.79 Å². The maximum Gasteiger partial charge on any atom is 0.199 e. The van der Waals surface area contributed by atoms with Crippen molar-refractivity contribution in [3.8, 4) is 0 Å². The van der Waals surface area contributed by atoms with Gasteiger partial charge in [-0.25, -0.2) is 0 Å². The minimum atomic E-state index is -0.0205. The van der Waals surface area contributed by atoms with Crippen molar-refractivity contribution in [1.82, 2.24) is 5.16 Å². The van der Waals surface area contributed by atoms with Crippen LogP contribution >= 0.6 is 23.5 Å². The lowest BCUT2D eigenvalue weighted by atomic mass is 10.0. The molecule has 0 aliphatic heterocycles. The zero-order valence-corrected chi connectivity index (χ0v) is 17.8. The van der Waals surface area contributed by atoms with Crippen LogP contribution in [-0.2, 0) is 0 Å². The molecule has 1 aromatic heterocycles. The maximum absolute atomic E-state index is 13.4. The van der Waals surface area contributed by atoms with Crippen molar-refractivity contribution < 1.29 is 9.32 Å². The average Bonchev–Trinajstić information content (AvgIpc) is 3.51. The fraction of sp³-hybridized carbons (Fsp3) is 0.120. The summed E-state index contributed by atoms with van der Waals surface area (Å²) < 4.78 is 5.41. The Hall–Kier alpha value is -2.76. The highest BCUT2D eigenvalue weighted by atomic mass is 32.2. The van der Waals surface area contributed by atoms with Crippen LogP contribution in [0.4, 0.5) is 0 Å². The number of aromatic nitrogens is 1. The fourth-order valence-electron chi connectivity index (χ4n) is 3.28. The number of ketones is 1. The van der Waals surface area contributed by atoms with Crippen molar-refractivity contribution in [2.75, 3.05) is 0 Å². The average molecular weight is 430 g/mol. The maximum atomic E-state index is 13.4. The number of benzene rings is 3. The van der Waals surface area contributed by atoms with E-state index in [0.29, 0.717) is 17.0 Å². The number of carbonyl (C=O) groups is 1. The summed E-state index contributed by atoms with van der Waals surface area (Å²) in [7, 11) is 0. The number of hydrogen-bond acceptors (Lipinski definition) is 5. The van der Waals surface area contributed by atoms with Gasteiger partial charge in [0.2, 0.25) is 0 Å². The van der Waals surface area contributed by atoms with Crippen LogP contribution < -0.4 is 0 Å². The van der Waals surface area contributed by atoms with Crippen LogP contribution in [0.2, 0.25) is 0 Å². The molecule has 1 heterocycles. The molecule has 0 atom stereocenters. The largest absolute Gasteiger partial charge is 0.360 e. The van der Waals surface area contributed by atoms with Gasteiger partial charge in [0.05, 0.1) is 11.8 Å². The highest BCUT2D eigenvalue weighted by molar-refractivity contribution is 8.00. The number of carbonyl (C=O) groups excluding carboxylic acids is 1. The molecule has 0 unspecified atom stereocenters. The first-order valence-electron chi connectivity index (χ1n) is 9.87. The van der Waals surface area contributed by atoms with Gasteiger partial charge in [0, 0.05) is 31.1 Å². The van der Waals surface area contributed by atoms with E-state index in [0.717, 1.165) is 33.3 Å². The number of hydrogen-bond donors (Lipinski definition) is 0. The first-order valence-corrected chi connectivity index (χ1v) is 11.5. The van der Waals surface area contributed by atoms with E-state index in [-0.39, 0.29) is 5.78 Å². The standard InChI is InChI=1S/C25H19NO2S2/c27-24(22-16-26-28-25(22)17-11-12-17)21-14-13-20(29-18-7-3-1-4-8-18)15-23(21)30-19-9-5-2-6-10-19/h1-10,13-17H,11-12H2. The molecule has 3 nitrogen and oxygen atoms in total. The molecular formula is C25H19NO2S2. The topological polar surface area (TPSA) is 43.1 Å². The first-order chi connectivity index (χ1) is 14.8. The molecule has 0 spiro atoms. The molecule has 30 heavy (non-hydrogen) atoms. The van der Waals surface area contributed by atoms with E-state index in [9.17, 15) is 4.79 Å². The Kier molecular flexibility index (Phi) is 5.47. The molecule has 0 amide bonds. The van der Waals surface area contributed by atoms with Crippen LogP contribution in [-0.4, -0.2) is 10.9 Å². The Balaban J connectivity index is 1.51. The lowest BCUT2D eigenvalue weighted by Crippen LogP contribution is -2.04. The summed E-state index contributed by atoms with van der Waals surface area (Å²) in [4.78, 5) is 17.7. The summed E-state index contributed by atoms with van der Waals surface area (Å²) in [6.07, 6.45) is 3.70. The first kappa shape index (κ1) is 19.2. The molecule has 1 aliphatic carbocycles. The summed E-state index contributed by atoms with van der Waals surface area (Å²) in [5, 5.41) is 3.91. The minimum absolute atomic E-state index is 0.0205. The van der Waals surface area contributed by atoms with E-state index >= 15 is 0 Å². The van der Waals surface area contributed by atoms with Crippen molar-refractivity contribution in [3.63, 3.8) is 0 Å². The van der Waals surface area contributed by atoms with Gasteiger partial charge >= 0.3 is 0 Å². The van der Waals surface area contributed by atoms with E-state index in [1.165, 1.54) is 4.90 Å². The third-order valence-corrected chi connectivity index (χ3v) is 7.00. The molecule has 0 radical (unpaired) electrons. The van der Waals surface area contributed by atoms with Crippen molar-refractivity contribution >= 4 is 29.3 Å².